The van der Waals surface area contributed by atoms with Gasteiger partial charge in [-0.15, -0.1) is 0 Å². The van der Waals surface area contributed by atoms with Crippen molar-refractivity contribution in [3.8, 4) is 11.5 Å². The number of nitrogens with one attached hydrogen (secondary N) is 1. The molecule has 0 saturated heterocycles. The normalized spacial score (nSPS) is 13.2. The molecule has 2 aromatic rings. The molecule has 1 N–H and O–H groups in total. The molecule has 1 heterocycles. The Kier molecular flexibility index (Phi) is 8.87. The summed E-state index contributed by atoms with van der Waals surface area (Å²) in [5.41, 5.74) is 2.46. The molecule has 0 aromatic heterocycles. The van der Waals surface area contributed by atoms with Crippen LogP contribution in [0.2, 0.25) is 5.02 Å². The van der Waals surface area contributed by atoms with Gasteiger partial charge in [-0.3, -0.25) is 9.59 Å². The molecule has 3 rings (SSSR count). The summed E-state index contributed by atoms with van der Waals surface area (Å²) in [4.78, 5) is 36.9. The minimum absolute atomic E-state index is 0.00505. The second-order valence-electron chi connectivity index (χ2n) is 8.05. The molecule has 0 fully saturated rings. The van der Waals surface area contributed by atoms with E-state index in [1.807, 2.05) is 6.92 Å². The second kappa shape index (κ2) is 11.5. The average Bonchev–Trinajstić information content (AvgIpc) is 3.20. The van der Waals surface area contributed by atoms with Crippen molar-refractivity contribution < 1.29 is 33.0 Å². The first-order valence-electron chi connectivity index (χ1n) is 10.8. The number of anilines is 1. The standard InChI is InChI=1S/C25H23Cl3FNO6/c1-13(9-11-19(31)36-18-7-5-4-6-17(18)26)8-10-15-21(30-24(33)25(27,28)29)20-16(12-35-23(20)32)14(2)22(15)34-3/h4-8H,9-12H2,1-3H3,(H,30,33)/b13-8+. The highest BCUT2D eigenvalue weighted by Gasteiger charge is 2.38. The number of alkyl halides is 3. The van der Waals surface area contributed by atoms with Gasteiger partial charge >= 0.3 is 16.5 Å². The largest absolute Gasteiger partial charge is 0.496 e. The zero-order chi connectivity index (χ0) is 26.6. The number of carbonyl (C=O) groups excluding carboxylic acids is 3. The molecule has 0 radical (unpaired) electrons. The summed E-state index contributed by atoms with van der Waals surface area (Å²) in [6.45, 7) is 3.54. The SMILES string of the molecule is COc1c(C)c2c(c(NC(=O)C(F)(Cl)Cl)c1C/C=C(\C)CCC(=O)Oc1ccccc1Cl)C(=O)OC2. The summed E-state index contributed by atoms with van der Waals surface area (Å²) < 4.78 is 26.6. The minimum atomic E-state index is -3.22. The Bertz CT molecular complexity index is 1240. The molecule has 1 aliphatic heterocycles. The summed E-state index contributed by atoms with van der Waals surface area (Å²) >= 11 is 16.7. The first-order chi connectivity index (χ1) is 16.9. The quantitative estimate of drug-likeness (QED) is 0.170. The molecule has 0 aliphatic carbocycles. The number of para-hydroxylation sites is 1. The van der Waals surface area contributed by atoms with Crippen LogP contribution in [-0.4, -0.2) is 29.5 Å². The first kappa shape index (κ1) is 27.8. The van der Waals surface area contributed by atoms with Gasteiger partial charge in [0, 0.05) is 17.5 Å². The minimum Gasteiger partial charge on any atom is -0.496 e. The highest BCUT2D eigenvalue weighted by Crippen LogP contribution is 2.42. The van der Waals surface area contributed by atoms with Gasteiger partial charge in [0.15, 0.2) is 0 Å². The Hall–Kier alpha value is -2.81. The second-order valence-corrected chi connectivity index (χ2v) is 9.69. The number of ether oxygens (including phenoxy) is 3. The van der Waals surface area contributed by atoms with E-state index in [4.69, 9.17) is 49.0 Å². The van der Waals surface area contributed by atoms with Crippen LogP contribution >= 0.6 is 34.8 Å². The van der Waals surface area contributed by atoms with Crippen LogP contribution in [-0.2, 0) is 27.4 Å². The number of allylic oxidation sites excluding steroid dienone is 2. The smallest absolute Gasteiger partial charge is 0.341 e. The number of hydrogen-bond acceptors (Lipinski definition) is 6. The third-order valence-electron chi connectivity index (χ3n) is 5.61. The predicted molar refractivity (Wildman–Crippen MR) is 135 cm³/mol. The van der Waals surface area contributed by atoms with E-state index in [1.165, 1.54) is 7.11 Å². The molecule has 1 aliphatic rings. The van der Waals surface area contributed by atoms with Gasteiger partial charge in [-0.25, -0.2) is 4.79 Å². The number of benzene rings is 2. The Morgan fingerprint density at radius 3 is 2.58 bits per heavy atom. The van der Waals surface area contributed by atoms with E-state index in [9.17, 15) is 18.8 Å². The van der Waals surface area contributed by atoms with Crippen molar-refractivity contribution >= 4 is 58.3 Å². The Morgan fingerprint density at radius 1 is 1.25 bits per heavy atom. The van der Waals surface area contributed by atoms with Crippen molar-refractivity contribution in [2.45, 2.75) is 44.3 Å². The third kappa shape index (κ3) is 6.30. The molecule has 0 spiro atoms. The van der Waals surface area contributed by atoms with E-state index in [-0.39, 0.29) is 36.4 Å². The first-order valence-corrected chi connectivity index (χ1v) is 12.0. The van der Waals surface area contributed by atoms with Crippen molar-refractivity contribution in [2.75, 3.05) is 12.4 Å². The number of amides is 1. The average molecular weight is 559 g/mol. The van der Waals surface area contributed by atoms with E-state index in [2.05, 4.69) is 5.32 Å². The van der Waals surface area contributed by atoms with Gasteiger partial charge < -0.3 is 19.5 Å². The molecule has 0 bridgehead atoms. The Labute approximate surface area is 222 Å². The van der Waals surface area contributed by atoms with Gasteiger partial charge in [0.2, 0.25) is 0 Å². The van der Waals surface area contributed by atoms with Crippen molar-refractivity contribution in [3.05, 3.63) is 63.2 Å². The van der Waals surface area contributed by atoms with Crippen LogP contribution in [0.4, 0.5) is 10.1 Å². The zero-order valence-electron chi connectivity index (χ0n) is 19.7. The molecule has 7 nitrogen and oxygen atoms in total. The number of methoxy groups -OCH3 is 1. The van der Waals surface area contributed by atoms with Crippen molar-refractivity contribution in [1.29, 1.82) is 0 Å². The van der Waals surface area contributed by atoms with Crippen LogP contribution in [0.15, 0.2) is 35.9 Å². The van der Waals surface area contributed by atoms with Crippen molar-refractivity contribution in [1.82, 2.24) is 0 Å². The van der Waals surface area contributed by atoms with Gasteiger partial charge in [-0.1, -0.05) is 58.6 Å². The Morgan fingerprint density at radius 2 is 1.94 bits per heavy atom. The van der Waals surface area contributed by atoms with E-state index < -0.39 is 22.4 Å². The highest BCUT2D eigenvalue weighted by molar-refractivity contribution is 6.57. The van der Waals surface area contributed by atoms with Crippen LogP contribution in [0.1, 0.15) is 46.8 Å². The molecule has 0 unspecified atom stereocenters. The number of hydrogen-bond donors (Lipinski definition) is 1. The van der Waals surface area contributed by atoms with E-state index in [0.717, 1.165) is 5.57 Å². The summed E-state index contributed by atoms with van der Waals surface area (Å²) in [7, 11) is 1.44. The topological polar surface area (TPSA) is 90.9 Å². The maximum atomic E-state index is 13.9. The molecular formula is C25H23Cl3FNO6. The lowest BCUT2D eigenvalue weighted by molar-refractivity contribution is -0.134. The lowest BCUT2D eigenvalue weighted by Crippen LogP contribution is -2.29. The van der Waals surface area contributed by atoms with Crippen LogP contribution in [0.25, 0.3) is 0 Å². The van der Waals surface area contributed by atoms with Gasteiger partial charge in [0.05, 0.1) is 23.4 Å². The van der Waals surface area contributed by atoms with E-state index in [1.54, 1.807) is 37.3 Å². The fourth-order valence-electron chi connectivity index (χ4n) is 3.75. The van der Waals surface area contributed by atoms with Crippen molar-refractivity contribution in [2.24, 2.45) is 0 Å². The number of rotatable bonds is 9. The molecule has 36 heavy (non-hydrogen) atoms. The van der Waals surface area contributed by atoms with E-state index in [0.29, 0.717) is 33.9 Å². The van der Waals surface area contributed by atoms with Gasteiger partial charge in [-0.2, -0.15) is 4.39 Å². The Balaban J connectivity index is 1.85. The maximum absolute atomic E-state index is 13.9. The van der Waals surface area contributed by atoms with Crippen LogP contribution < -0.4 is 14.8 Å². The molecular weight excluding hydrogens is 536 g/mol. The lowest BCUT2D eigenvalue weighted by Gasteiger charge is -2.20. The highest BCUT2D eigenvalue weighted by atomic mass is 35.5. The van der Waals surface area contributed by atoms with Gasteiger partial charge in [-0.05, 0) is 44.4 Å². The van der Waals surface area contributed by atoms with Crippen LogP contribution in [0, 0.1) is 6.92 Å². The third-order valence-corrected chi connectivity index (χ3v) is 6.27. The fraction of sp³-hybridized carbons (Fsp3) is 0.320. The van der Waals surface area contributed by atoms with Gasteiger partial charge in [0.25, 0.3) is 5.91 Å². The number of cyclic esters (lactones) is 1. The number of esters is 2. The number of carbonyl (C=O) groups is 3. The fourth-order valence-corrected chi connectivity index (χ4v) is 4.02. The maximum Gasteiger partial charge on any atom is 0.341 e. The van der Waals surface area contributed by atoms with Crippen molar-refractivity contribution in [3.63, 3.8) is 0 Å². The monoisotopic (exact) mass is 557 g/mol. The number of fused-ring (bicyclic) bond motifs is 1. The van der Waals surface area contributed by atoms with Gasteiger partial charge in [0.1, 0.15) is 18.1 Å². The summed E-state index contributed by atoms with van der Waals surface area (Å²) in [6.07, 6.45) is 2.44. The molecule has 192 valence electrons. The zero-order valence-corrected chi connectivity index (χ0v) is 21.9. The summed E-state index contributed by atoms with van der Waals surface area (Å²) in [6, 6.07) is 6.65. The summed E-state index contributed by atoms with van der Waals surface area (Å²) in [5, 5.41) is 2.65. The molecule has 2 aromatic carbocycles. The lowest BCUT2D eigenvalue weighted by atomic mass is 9.93. The predicted octanol–water partition coefficient (Wildman–Crippen LogP) is 6.24. The summed E-state index contributed by atoms with van der Waals surface area (Å²) in [5.74, 6) is -1.83. The molecule has 1 amide bonds. The van der Waals surface area contributed by atoms with Crippen LogP contribution in [0.5, 0.6) is 11.5 Å². The molecule has 0 atom stereocenters. The van der Waals surface area contributed by atoms with E-state index >= 15 is 0 Å². The molecule has 0 saturated carbocycles. The number of halogens is 4. The molecule has 11 heteroatoms. The van der Waals surface area contributed by atoms with Crippen LogP contribution in [0.3, 0.4) is 0 Å².